The highest BCUT2D eigenvalue weighted by Crippen LogP contribution is 2.33. The summed E-state index contributed by atoms with van der Waals surface area (Å²) in [6.45, 7) is 1.03. The zero-order valence-electron chi connectivity index (χ0n) is 14.5. The van der Waals surface area contributed by atoms with E-state index in [0.717, 1.165) is 16.6 Å². The van der Waals surface area contributed by atoms with E-state index in [1.807, 2.05) is 34.9 Å². The second-order valence-electron chi connectivity index (χ2n) is 6.91. The Hall–Kier alpha value is -2.32. The van der Waals surface area contributed by atoms with Gasteiger partial charge in [-0.2, -0.15) is 0 Å². The number of nitrogens with zero attached hydrogens (tertiary/aromatic N) is 1. The van der Waals surface area contributed by atoms with Crippen LogP contribution in [0.2, 0.25) is 0 Å². The number of fused-ring (bicyclic) bond motifs is 1. The highest BCUT2D eigenvalue weighted by Gasteiger charge is 2.29. The molecular weight excluding hydrogens is 370 g/mol. The van der Waals surface area contributed by atoms with E-state index in [1.165, 1.54) is 0 Å². The smallest absolute Gasteiger partial charge is 0.276 e. The van der Waals surface area contributed by atoms with Gasteiger partial charge in [0.2, 0.25) is 6.43 Å². The summed E-state index contributed by atoms with van der Waals surface area (Å²) in [7, 11) is 0. The summed E-state index contributed by atoms with van der Waals surface area (Å²) >= 11 is 5.36. The van der Waals surface area contributed by atoms with Gasteiger partial charge in [-0.1, -0.05) is 24.3 Å². The summed E-state index contributed by atoms with van der Waals surface area (Å²) in [5, 5.41) is 3.37. The van der Waals surface area contributed by atoms with Crippen LogP contribution in [0.15, 0.2) is 41.3 Å². The summed E-state index contributed by atoms with van der Waals surface area (Å²) in [4.78, 5) is 17.6. The second-order valence-corrected chi connectivity index (χ2v) is 7.29. The second kappa shape index (κ2) is 7.36. The van der Waals surface area contributed by atoms with Crippen molar-refractivity contribution < 1.29 is 8.78 Å². The third kappa shape index (κ3) is 3.46. The number of halogens is 2. The van der Waals surface area contributed by atoms with Gasteiger partial charge < -0.3 is 14.9 Å². The van der Waals surface area contributed by atoms with Crippen LogP contribution < -0.4 is 10.9 Å². The number of hydrogen-bond acceptors (Lipinski definition) is 3. The van der Waals surface area contributed by atoms with Crippen LogP contribution in [-0.2, 0) is 6.54 Å². The molecule has 0 bridgehead atoms. The number of alkyl halides is 2. The number of piperidine rings is 1. The summed E-state index contributed by atoms with van der Waals surface area (Å²) in [6.07, 6.45) is 0.304. The van der Waals surface area contributed by atoms with Gasteiger partial charge in [0.25, 0.3) is 5.56 Å². The number of hydrogen-bond donors (Lipinski definition) is 3. The minimum Gasteiger partial charge on any atom is -0.355 e. The summed E-state index contributed by atoms with van der Waals surface area (Å²) in [6, 6.07) is 9.50. The molecule has 8 heteroatoms. The maximum absolute atomic E-state index is 13.2. The zero-order chi connectivity index (χ0) is 19.0. The summed E-state index contributed by atoms with van der Waals surface area (Å²) in [5.41, 5.74) is 2.93. The first kappa shape index (κ1) is 18.1. The number of aromatic nitrogens is 3. The van der Waals surface area contributed by atoms with E-state index in [2.05, 4.69) is 15.3 Å². The number of aromatic amines is 2. The van der Waals surface area contributed by atoms with Crippen LogP contribution in [0.4, 0.5) is 8.78 Å². The molecule has 1 fully saturated rings. The molecule has 1 saturated heterocycles. The number of benzene rings is 1. The lowest BCUT2D eigenvalue weighted by atomic mass is 9.87. The van der Waals surface area contributed by atoms with Gasteiger partial charge in [0.05, 0.1) is 12.1 Å². The summed E-state index contributed by atoms with van der Waals surface area (Å²) in [5.74, 6) is -0.587. The molecule has 0 radical (unpaired) electrons. The lowest BCUT2D eigenvalue weighted by Crippen LogP contribution is -2.35. The van der Waals surface area contributed by atoms with E-state index in [-0.39, 0.29) is 11.6 Å². The fourth-order valence-electron chi connectivity index (χ4n) is 3.86. The van der Waals surface area contributed by atoms with Crippen LogP contribution >= 0.6 is 12.2 Å². The van der Waals surface area contributed by atoms with Crippen molar-refractivity contribution in [3.63, 3.8) is 0 Å². The molecule has 4 rings (SSSR count). The predicted octanol–water partition coefficient (Wildman–Crippen LogP) is 3.74. The van der Waals surface area contributed by atoms with Crippen molar-refractivity contribution in [1.29, 1.82) is 0 Å². The molecule has 3 N–H and O–H groups in total. The molecule has 0 saturated carbocycles. The van der Waals surface area contributed by atoms with Gasteiger partial charge in [-0.05, 0) is 48.8 Å². The van der Waals surface area contributed by atoms with Crippen molar-refractivity contribution in [3.05, 3.63) is 62.8 Å². The zero-order valence-corrected chi connectivity index (χ0v) is 15.4. The SMILES string of the molecule is O=c1[nH]c(=S)n(Cc2ccccc2[C@@H]2C[C@H](C(F)F)CCN2)c2cc[nH]c12. The fraction of sp³-hybridized carbons (Fsp3) is 0.368. The summed E-state index contributed by atoms with van der Waals surface area (Å²) < 4.78 is 28.6. The molecule has 1 aliphatic heterocycles. The Kier molecular flexibility index (Phi) is 4.92. The van der Waals surface area contributed by atoms with Crippen LogP contribution in [-0.4, -0.2) is 27.5 Å². The minimum absolute atomic E-state index is 0.118. The molecule has 2 aromatic heterocycles. The van der Waals surface area contributed by atoms with Gasteiger partial charge in [-0.25, -0.2) is 8.78 Å². The molecule has 3 heterocycles. The van der Waals surface area contributed by atoms with Gasteiger partial charge in [0.1, 0.15) is 5.52 Å². The number of nitrogens with one attached hydrogen (secondary N) is 3. The van der Waals surface area contributed by atoms with Crippen LogP contribution in [0, 0.1) is 10.7 Å². The Labute approximate surface area is 159 Å². The maximum Gasteiger partial charge on any atom is 0.276 e. The van der Waals surface area contributed by atoms with Gasteiger partial charge in [0, 0.05) is 18.2 Å². The average Bonchev–Trinajstić information content (AvgIpc) is 3.16. The van der Waals surface area contributed by atoms with Gasteiger partial charge in [-0.15, -0.1) is 0 Å². The van der Waals surface area contributed by atoms with E-state index in [9.17, 15) is 13.6 Å². The first-order valence-corrected chi connectivity index (χ1v) is 9.35. The van der Waals surface area contributed by atoms with E-state index in [1.54, 1.807) is 6.20 Å². The Morgan fingerprint density at radius 2 is 2.07 bits per heavy atom. The Bertz CT molecular complexity index is 1070. The molecule has 142 valence electrons. The van der Waals surface area contributed by atoms with Crippen molar-refractivity contribution in [2.75, 3.05) is 6.54 Å². The van der Waals surface area contributed by atoms with Crippen LogP contribution in [0.5, 0.6) is 0 Å². The van der Waals surface area contributed by atoms with Crippen LogP contribution in [0.3, 0.4) is 0 Å². The number of rotatable bonds is 4. The number of H-pyrrole nitrogens is 2. The third-order valence-electron chi connectivity index (χ3n) is 5.27. The Morgan fingerprint density at radius 1 is 1.26 bits per heavy atom. The molecule has 27 heavy (non-hydrogen) atoms. The standard InChI is InChI=1S/C19H20F2N4OS/c20-17(21)11-5-7-22-14(9-11)13-4-2-1-3-12(13)10-25-15-6-8-23-16(15)18(26)24-19(25)27/h1-4,6,8,11,14,17,22-23H,5,7,9-10H2,(H,24,26,27)/t11-,14+/m1/s1. The molecule has 0 amide bonds. The molecule has 0 unspecified atom stereocenters. The molecule has 1 aliphatic rings. The van der Waals surface area contributed by atoms with E-state index < -0.39 is 12.3 Å². The largest absolute Gasteiger partial charge is 0.355 e. The lowest BCUT2D eigenvalue weighted by Gasteiger charge is -2.31. The average molecular weight is 390 g/mol. The first-order valence-electron chi connectivity index (χ1n) is 8.94. The third-order valence-corrected chi connectivity index (χ3v) is 5.59. The predicted molar refractivity (Wildman–Crippen MR) is 103 cm³/mol. The van der Waals surface area contributed by atoms with E-state index >= 15 is 0 Å². The monoisotopic (exact) mass is 390 g/mol. The van der Waals surface area contributed by atoms with Crippen molar-refractivity contribution in [2.45, 2.75) is 31.9 Å². The fourth-order valence-corrected chi connectivity index (χ4v) is 4.12. The van der Waals surface area contributed by atoms with E-state index in [4.69, 9.17) is 12.2 Å². The Morgan fingerprint density at radius 3 is 2.89 bits per heavy atom. The van der Waals surface area contributed by atoms with Crippen LogP contribution in [0.1, 0.15) is 30.0 Å². The topological polar surface area (TPSA) is 65.6 Å². The normalized spacial score (nSPS) is 20.4. The highest BCUT2D eigenvalue weighted by atomic mass is 32.1. The molecule has 3 aromatic rings. The minimum atomic E-state index is -2.30. The molecular formula is C19H20F2N4OS. The van der Waals surface area contributed by atoms with Crippen LogP contribution in [0.25, 0.3) is 11.0 Å². The lowest BCUT2D eigenvalue weighted by molar-refractivity contribution is 0.0499. The first-order chi connectivity index (χ1) is 13.0. The van der Waals surface area contributed by atoms with Crippen molar-refractivity contribution in [3.8, 4) is 0 Å². The van der Waals surface area contributed by atoms with Crippen molar-refractivity contribution in [2.24, 2.45) is 5.92 Å². The highest BCUT2D eigenvalue weighted by molar-refractivity contribution is 7.71. The molecule has 0 aliphatic carbocycles. The molecule has 0 spiro atoms. The molecule has 2 atom stereocenters. The van der Waals surface area contributed by atoms with E-state index in [0.29, 0.717) is 36.2 Å². The maximum atomic E-state index is 13.2. The van der Waals surface area contributed by atoms with Gasteiger partial charge in [-0.3, -0.25) is 9.78 Å². The Balaban J connectivity index is 1.72. The van der Waals surface area contributed by atoms with Gasteiger partial charge in [0.15, 0.2) is 4.77 Å². The molecule has 1 aromatic carbocycles. The van der Waals surface area contributed by atoms with Crippen molar-refractivity contribution >= 4 is 23.3 Å². The molecule has 5 nitrogen and oxygen atoms in total. The van der Waals surface area contributed by atoms with Crippen molar-refractivity contribution in [1.82, 2.24) is 19.9 Å². The quantitative estimate of drug-likeness (QED) is 0.595. The van der Waals surface area contributed by atoms with Gasteiger partial charge >= 0.3 is 0 Å².